The van der Waals surface area contributed by atoms with Crippen molar-refractivity contribution in [3.63, 3.8) is 0 Å². The second-order valence-corrected chi connectivity index (χ2v) is 24.1. The van der Waals surface area contributed by atoms with Gasteiger partial charge in [0, 0.05) is 25.3 Å². The lowest BCUT2D eigenvalue weighted by molar-refractivity contribution is -0.360. The van der Waals surface area contributed by atoms with Gasteiger partial charge in [-0.15, -0.1) is 0 Å². The smallest absolute Gasteiger partial charge is 0.322 e. The molecular formula is C38H50Br4O16. The van der Waals surface area contributed by atoms with Gasteiger partial charge in [-0.25, -0.2) is 0 Å². The average molecular weight is 1080 g/mol. The summed E-state index contributed by atoms with van der Waals surface area (Å²) >= 11 is 13.4. The largest absolute Gasteiger partial charge is 0.454 e. The van der Waals surface area contributed by atoms with Gasteiger partial charge in [0.25, 0.3) is 0 Å². The number of halogens is 4. The summed E-state index contributed by atoms with van der Waals surface area (Å²) in [7, 11) is 2.78. The van der Waals surface area contributed by atoms with Crippen molar-refractivity contribution in [2.75, 3.05) is 27.4 Å². The summed E-state index contributed by atoms with van der Waals surface area (Å²) in [6.07, 6.45) is -12.2. The Bertz CT molecular complexity index is 1520. The molecule has 0 spiro atoms. The maximum absolute atomic E-state index is 13.2. The number of alkyl halides is 4. The molecular weight excluding hydrogens is 1030 g/mol. The summed E-state index contributed by atoms with van der Waals surface area (Å²) in [6, 6.07) is 7.00. The van der Waals surface area contributed by atoms with Crippen molar-refractivity contribution in [2.45, 2.75) is 147 Å². The zero-order chi connectivity index (χ0) is 43.1. The molecule has 326 valence electrons. The van der Waals surface area contributed by atoms with Crippen molar-refractivity contribution in [1.29, 1.82) is 0 Å². The van der Waals surface area contributed by atoms with E-state index in [4.69, 9.17) is 56.8 Å². The van der Waals surface area contributed by atoms with Gasteiger partial charge in [-0.3, -0.25) is 19.2 Å². The number of carbonyl (C=O) groups excluding carboxylic acids is 4. The van der Waals surface area contributed by atoms with Crippen molar-refractivity contribution in [2.24, 2.45) is 0 Å². The first kappa shape index (κ1) is 47.7. The number of methoxy groups -OCH3 is 2. The number of carbonyl (C=O) groups is 4. The highest BCUT2D eigenvalue weighted by Crippen LogP contribution is 2.41. The van der Waals surface area contributed by atoms with Crippen molar-refractivity contribution < 1.29 is 76.0 Å². The molecule has 4 heterocycles. The van der Waals surface area contributed by atoms with Crippen LogP contribution in [0.25, 0.3) is 0 Å². The molecule has 58 heavy (non-hydrogen) atoms. The number of fused-ring (bicyclic) bond motifs is 2. The molecule has 4 aliphatic rings. The molecule has 0 N–H and O–H groups in total. The summed E-state index contributed by atoms with van der Waals surface area (Å²) < 4.78 is 67.7. The van der Waals surface area contributed by atoms with Gasteiger partial charge in [-0.1, -0.05) is 88.0 Å². The monoisotopic (exact) mass is 1080 g/mol. The van der Waals surface area contributed by atoms with E-state index in [1.54, 1.807) is 79.7 Å². The Hall–Kier alpha value is -1.30. The van der Waals surface area contributed by atoms with Gasteiger partial charge in [0.1, 0.15) is 41.7 Å². The number of ether oxygens (including phenoxy) is 12. The fraction of sp³-hybridized carbons (Fsp3) is 0.737. The summed E-state index contributed by atoms with van der Waals surface area (Å²) in [5, 5.41) is 0. The molecule has 5 rings (SSSR count). The Morgan fingerprint density at radius 2 is 0.776 bits per heavy atom. The van der Waals surface area contributed by atoms with Crippen LogP contribution < -0.4 is 0 Å². The number of hydrogen-bond acceptors (Lipinski definition) is 16. The molecule has 0 saturated carbocycles. The minimum Gasteiger partial charge on any atom is -0.454 e. The Morgan fingerprint density at radius 1 is 0.500 bits per heavy atom. The van der Waals surface area contributed by atoms with E-state index < -0.39 is 115 Å². The predicted molar refractivity (Wildman–Crippen MR) is 216 cm³/mol. The molecule has 4 aliphatic heterocycles. The van der Waals surface area contributed by atoms with E-state index in [0.717, 1.165) is 0 Å². The van der Waals surface area contributed by atoms with Gasteiger partial charge >= 0.3 is 23.9 Å². The van der Waals surface area contributed by atoms with E-state index in [1.807, 2.05) is 0 Å². The fourth-order valence-electron chi connectivity index (χ4n) is 6.20. The molecule has 0 aliphatic carbocycles. The van der Waals surface area contributed by atoms with Gasteiger partial charge in [-0.2, -0.15) is 0 Å². The third kappa shape index (κ3) is 11.2. The van der Waals surface area contributed by atoms with Gasteiger partial charge in [0.15, 0.2) is 49.6 Å². The highest BCUT2D eigenvalue weighted by molar-refractivity contribution is 9.10. The lowest BCUT2D eigenvalue weighted by Crippen LogP contribution is -2.65. The van der Waals surface area contributed by atoms with E-state index in [-0.39, 0.29) is 13.2 Å². The van der Waals surface area contributed by atoms with Crippen LogP contribution in [-0.2, 0) is 76.0 Å². The molecule has 0 aromatic heterocycles. The van der Waals surface area contributed by atoms with E-state index in [1.165, 1.54) is 14.2 Å². The standard InChI is InChI=1S/C38H50Br4O16/c1-35(2,39)31(43)55-23-21-19(51-29(47-9)25(23)57-33(45)37(5,6)41)15-49-27(53-21)17-11-13-18(14-12-17)28-50-16-20-22(54-28)24(56-32(44)36(3,4)40)26(30(48-10)52-20)58-34(46)38(7,8)42/h11-14,19-30H,15-16H2,1-10H3/t19-,20-,21-,22-,23+,24+,25-,26-,27-,28-,29+,30+/m1/s1. The maximum Gasteiger partial charge on any atom is 0.322 e. The SMILES string of the molecule is CO[C@H]1O[C@@H]2CO[C@@H](c3ccc([C@@H]4OC[C@H]5O[C@H](OC)[C@H](OC(=O)C(C)(C)Br)[C@@H](OC(=O)C(C)(C)Br)[C@@H]5O4)cc3)O[C@H]2[C@H](OC(=O)C(C)(C)Br)[C@H]1OC(=O)C(C)(C)Br. The minimum absolute atomic E-state index is 0.0248. The molecule has 0 radical (unpaired) electrons. The van der Waals surface area contributed by atoms with Crippen LogP contribution in [0.2, 0.25) is 0 Å². The number of hydrogen-bond donors (Lipinski definition) is 0. The first-order valence-electron chi connectivity index (χ1n) is 18.4. The lowest BCUT2D eigenvalue weighted by Gasteiger charge is -2.48. The minimum atomic E-state index is -1.19. The third-order valence-corrected chi connectivity index (χ3v) is 10.7. The van der Waals surface area contributed by atoms with Crippen LogP contribution in [0.1, 0.15) is 79.1 Å². The van der Waals surface area contributed by atoms with Crippen LogP contribution in [0, 0.1) is 0 Å². The highest BCUT2D eigenvalue weighted by atomic mass is 79.9. The van der Waals surface area contributed by atoms with Crippen molar-refractivity contribution in [1.82, 2.24) is 0 Å². The summed E-state index contributed by atoms with van der Waals surface area (Å²) in [5.74, 6) is -2.51. The zero-order valence-electron chi connectivity index (χ0n) is 33.7. The van der Waals surface area contributed by atoms with E-state index in [0.29, 0.717) is 11.1 Å². The third-order valence-electron chi connectivity index (χ3n) is 9.43. The molecule has 20 heteroatoms. The molecule has 4 fully saturated rings. The molecule has 16 nitrogen and oxygen atoms in total. The van der Waals surface area contributed by atoms with Crippen LogP contribution in [0.5, 0.6) is 0 Å². The first-order valence-corrected chi connectivity index (χ1v) is 21.6. The molecule has 0 bridgehead atoms. The Balaban J connectivity index is 1.37. The first-order chi connectivity index (χ1) is 26.8. The molecule has 1 aromatic carbocycles. The van der Waals surface area contributed by atoms with Crippen LogP contribution in [-0.4, -0.2) is 130 Å². The Labute approximate surface area is 371 Å². The predicted octanol–water partition coefficient (Wildman–Crippen LogP) is 5.60. The average Bonchev–Trinajstić information content (AvgIpc) is 3.14. The summed E-state index contributed by atoms with van der Waals surface area (Å²) in [4.78, 5) is 52.6. The van der Waals surface area contributed by atoms with Crippen molar-refractivity contribution in [3.05, 3.63) is 35.4 Å². The summed E-state index contributed by atoms with van der Waals surface area (Å²) in [5.41, 5.74) is 1.18. The van der Waals surface area contributed by atoms with Gasteiger partial charge in [0.2, 0.25) is 0 Å². The Morgan fingerprint density at radius 3 is 1.03 bits per heavy atom. The van der Waals surface area contributed by atoms with Crippen molar-refractivity contribution in [3.8, 4) is 0 Å². The molecule has 0 amide bonds. The van der Waals surface area contributed by atoms with Gasteiger partial charge < -0.3 is 56.8 Å². The number of benzene rings is 1. The maximum atomic E-state index is 13.2. The number of rotatable bonds is 12. The van der Waals surface area contributed by atoms with E-state index >= 15 is 0 Å². The molecule has 12 atom stereocenters. The van der Waals surface area contributed by atoms with Crippen LogP contribution in [0.4, 0.5) is 0 Å². The second-order valence-electron chi connectivity index (χ2n) is 16.1. The van der Waals surface area contributed by atoms with Crippen LogP contribution in [0.15, 0.2) is 24.3 Å². The lowest BCUT2D eigenvalue weighted by atomic mass is 9.96. The highest BCUT2D eigenvalue weighted by Gasteiger charge is 2.57. The molecule has 4 saturated heterocycles. The topological polar surface area (TPSA) is 179 Å². The number of esters is 4. The zero-order valence-corrected chi connectivity index (χ0v) is 40.0. The van der Waals surface area contributed by atoms with Gasteiger partial charge in [0.05, 0.1) is 13.2 Å². The molecule has 1 aromatic rings. The van der Waals surface area contributed by atoms with Crippen molar-refractivity contribution >= 4 is 87.6 Å². The summed E-state index contributed by atoms with van der Waals surface area (Å²) in [6.45, 7) is 13.1. The quantitative estimate of drug-likeness (QED) is 0.143. The van der Waals surface area contributed by atoms with E-state index in [9.17, 15) is 19.2 Å². The molecule has 0 unspecified atom stereocenters. The van der Waals surface area contributed by atoms with Crippen LogP contribution >= 0.6 is 63.7 Å². The Kier molecular flexibility index (Phi) is 15.3. The van der Waals surface area contributed by atoms with E-state index in [2.05, 4.69) is 63.7 Å². The second kappa shape index (κ2) is 18.6. The normalized spacial score (nSPS) is 33.2. The van der Waals surface area contributed by atoms with Crippen LogP contribution in [0.3, 0.4) is 0 Å². The van der Waals surface area contributed by atoms with Gasteiger partial charge in [-0.05, 0) is 55.4 Å². The fourth-order valence-corrected chi connectivity index (χ4v) is 6.57.